The quantitative estimate of drug-likeness (QED) is 0.508. The van der Waals surface area contributed by atoms with Crippen LogP contribution in [0, 0.1) is 6.92 Å². The van der Waals surface area contributed by atoms with Crippen LogP contribution in [-0.4, -0.2) is 31.7 Å². The fourth-order valence-electron chi connectivity index (χ4n) is 4.46. The number of nitrogens with one attached hydrogen (secondary N) is 1. The van der Waals surface area contributed by atoms with Gasteiger partial charge < -0.3 is 14.8 Å². The highest BCUT2D eigenvalue weighted by Crippen LogP contribution is 2.42. The molecule has 176 valence electrons. The number of carbonyl (C=O) groups excluding carboxylic acids is 1. The third-order valence-electron chi connectivity index (χ3n) is 6.36. The molecule has 1 amide bonds. The number of anilines is 1. The van der Waals surface area contributed by atoms with Gasteiger partial charge in [0.2, 0.25) is 10.0 Å². The third-order valence-corrected chi connectivity index (χ3v) is 8.29. The van der Waals surface area contributed by atoms with Gasteiger partial charge in [0.25, 0.3) is 5.91 Å². The van der Waals surface area contributed by atoms with E-state index in [9.17, 15) is 13.2 Å². The van der Waals surface area contributed by atoms with Crippen LogP contribution in [-0.2, 0) is 10.0 Å². The molecule has 3 aromatic rings. The zero-order valence-electron chi connectivity index (χ0n) is 19.1. The molecule has 8 heteroatoms. The van der Waals surface area contributed by atoms with Crippen LogP contribution in [0.15, 0.2) is 65.6 Å². The summed E-state index contributed by atoms with van der Waals surface area (Å²) in [6, 6.07) is 17.2. The van der Waals surface area contributed by atoms with E-state index in [1.54, 1.807) is 37.4 Å². The highest BCUT2D eigenvalue weighted by Gasteiger charge is 2.35. The molecular formula is C26H26N2O5S. The van der Waals surface area contributed by atoms with Crippen LogP contribution in [0.3, 0.4) is 0 Å². The smallest absolute Gasteiger partial charge is 0.259 e. The van der Waals surface area contributed by atoms with Crippen molar-refractivity contribution in [3.8, 4) is 23.0 Å². The predicted octanol–water partition coefficient (Wildman–Crippen LogP) is 5.71. The predicted molar refractivity (Wildman–Crippen MR) is 129 cm³/mol. The maximum absolute atomic E-state index is 13.7. The summed E-state index contributed by atoms with van der Waals surface area (Å²) in [5, 5.41) is 2.84. The molecule has 2 aliphatic rings. The molecule has 1 saturated carbocycles. The zero-order chi connectivity index (χ0) is 23.9. The first-order chi connectivity index (χ1) is 16.3. The van der Waals surface area contributed by atoms with E-state index in [1.165, 1.54) is 16.4 Å². The molecule has 34 heavy (non-hydrogen) atoms. The van der Waals surface area contributed by atoms with E-state index in [-0.39, 0.29) is 28.0 Å². The van der Waals surface area contributed by atoms with Crippen LogP contribution in [0.25, 0.3) is 0 Å². The number of hydrogen-bond acceptors (Lipinski definition) is 5. The van der Waals surface area contributed by atoms with E-state index in [2.05, 4.69) is 5.32 Å². The highest BCUT2D eigenvalue weighted by molar-refractivity contribution is 7.89. The van der Waals surface area contributed by atoms with Crippen molar-refractivity contribution in [1.82, 2.24) is 4.31 Å². The fourth-order valence-corrected chi connectivity index (χ4v) is 5.99. The van der Waals surface area contributed by atoms with E-state index >= 15 is 0 Å². The number of nitrogens with zero attached hydrogens (tertiary/aromatic N) is 1. The Hall–Kier alpha value is -3.36. The Labute approximate surface area is 199 Å². The van der Waals surface area contributed by atoms with Gasteiger partial charge in [0.05, 0.1) is 11.3 Å². The van der Waals surface area contributed by atoms with Crippen molar-refractivity contribution >= 4 is 21.6 Å². The first-order valence-corrected chi connectivity index (χ1v) is 12.8. The lowest BCUT2D eigenvalue weighted by atomic mass is 10.1. The summed E-state index contributed by atoms with van der Waals surface area (Å²) in [7, 11) is -2.35. The van der Waals surface area contributed by atoms with Crippen molar-refractivity contribution < 1.29 is 22.7 Å². The number of hydrogen-bond donors (Lipinski definition) is 1. The Morgan fingerprint density at radius 3 is 2.47 bits per heavy atom. The van der Waals surface area contributed by atoms with Gasteiger partial charge >= 0.3 is 0 Å². The van der Waals surface area contributed by atoms with E-state index in [1.807, 2.05) is 25.1 Å². The van der Waals surface area contributed by atoms with E-state index < -0.39 is 15.9 Å². The summed E-state index contributed by atoms with van der Waals surface area (Å²) in [6.45, 7) is 1.92. The lowest BCUT2D eigenvalue weighted by Gasteiger charge is -2.25. The molecule has 1 heterocycles. The highest BCUT2D eigenvalue weighted by atomic mass is 32.2. The van der Waals surface area contributed by atoms with E-state index in [4.69, 9.17) is 9.47 Å². The van der Waals surface area contributed by atoms with Gasteiger partial charge in [0.15, 0.2) is 11.5 Å². The monoisotopic (exact) mass is 478 g/mol. The molecule has 7 nitrogen and oxygen atoms in total. The molecule has 3 aromatic carbocycles. The number of benzene rings is 3. The maximum Gasteiger partial charge on any atom is 0.259 e. The Balaban J connectivity index is 1.64. The molecule has 1 fully saturated rings. The number of rotatable bonds is 5. The Morgan fingerprint density at radius 1 is 1.00 bits per heavy atom. The average Bonchev–Trinajstić information content (AvgIpc) is 3.31. The summed E-state index contributed by atoms with van der Waals surface area (Å²) < 4.78 is 41.0. The van der Waals surface area contributed by atoms with Crippen molar-refractivity contribution in [2.75, 3.05) is 12.4 Å². The first-order valence-electron chi connectivity index (χ1n) is 11.3. The van der Waals surface area contributed by atoms with E-state index in [0.717, 1.165) is 31.2 Å². The third kappa shape index (κ3) is 4.15. The molecule has 1 aliphatic heterocycles. The molecule has 0 unspecified atom stereocenters. The molecule has 0 atom stereocenters. The fraction of sp³-hybridized carbons (Fsp3) is 0.269. The lowest BCUT2D eigenvalue weighted by Crippen LogP contribution is -2.35. The standard InChI is InChI=1S/C26H26N2O5S/c1-17-12-13-22-21(14-17)27-26(29)20-15-25(34(30,31)28(2)18-8-6-7-9-18)24(16-23(20)33-22)32-19-10-4-3-5-11-19/h3-5,10-16,18H,6-9H2,1-2H3,(H,27,29). The van der Waals surface area contributed by atoms with Gasteiger partial charge in [0.1, 0.15) is 16.4 Å². The number of para-hydroxylation sites is 1. The largest absolute Gasteiger partial charge is 0.456 e. The van der Waals surface area contributed by atoms with Crippen LogP contribution in [0.5, 0.6) is 23.0 Å². The van der Waals surface area contributed by atoms with Crippen molar-refractivity contribution in [2.45, 2.75) is 43.5 Å². The van der Waals surface area contributed by atoms with Crippen LogP contribution in [0.2, 0.25) is 0 Å². The number of ether oxygens (including phenoxy) is 2. The Morgan fingerprint density at radius 2 is 1.74 bits per heavy atom. The van der Waals surface area contributed by atoms with Gasteiger partial charge in [-0.25, -0.2) is 8.42 Å². The number of fused-ring (bicyclic) bond motifs is 2. The second-order valence-corrected chi connectivity index (χ2v) is 10.7. The zero-order valence-corrected chi connectivity index (χ0v) is 19.9. The van der Waals surface area contributed by atoms with Gasteiger partial charge in [-0.15, -0.1) is 0 Å². The van der Waals surface area contributed by atoms with Gasteiger partial charge in [-0.1, -0.05) is 37.1 Å². The minimum absolute atomic E-state index is 0.0645. The molecule has 0 saturated heterocycles. The maximum atomic E-state index is 13.7. The minimum Gasteiger partial charge on any atom is -0.456 e. The SMILES string of the molecule is Cc1ccc2c(c1)NC(=O)c1cc(S(=O)(=O)N(C)C3CCCC3)c(Oc3ccccc3)cc1O2. The van der Waals surface area contributed by atoms with Crippen molar-refractivity contribution in [3.63, 3.8) is 0 Å². The van der Waals surface area contributed by atoms with Crippen molar-refractivity contribution in [3.05, 3.63) is 71.8 Å². The summed E-state index contributed by atoms with van der Waals surface area (Å²) in [6.07, 6.45) is 3.62. The molecule has 1 N–H and O–H groups in total. The minimum atomic E-state index is -3.94. The molecule has 0 bridgehead atoms. The molecular weight excluding hydrogens is 452 g/mol. The van der Waals surface area contributed by atoms with Crippen LogP contribution in [0.4, 0.5) is 5.69 Å². The summed E-state index contributed by atoms with van der Waals surface area (Å²) in [5.41, 5.74) is 1.62. The normalized spacial score (nSPS) is 15.8. The van der Waals surface area contributed by atoms with Crippen LogP contribution >= 0.6 is 0 Å². The molecule has 0 radical (unpaired) electrons. The Bertz CT molecular complexity index is 1350. The second kappa shape index (κ2) is 8.77. The molecule has 5 rings (SSSR count). The Kier molecular flexibility index (Phi) is 5.79. The second-order valence-electron chi connectivity index (χ2n) is 8.73. The van der Waals surface area contributed by atoms with Crippen LogP contribution < -0.4 is 14.8 Å². The lowest BCUT2D eigenvalue weighted by molar-refractivity contribution is 0.102. The number of sulfonamides is 1. The summed E-state index contributed by atoms with van der Waals surface area (Å²) in [5.74, 6) is 0.857. The molecule has 0 aromatic heterocycles. The van der Waals surface area contributed by atoms with Gasteiger partial charge in [-0.3, -0.25) is 4.79 Å². The number of aryl methyl sites for hydroxylation is 1. The van der Waals surface area contributed by atoms with Crippen molar-refractivity contribution in [2.24, 2.45) is 0 Å². The summed E-state index contributed by atoms with van der Waals surface area (Å²) >= 11 is 0. The molecule has 1 aliphatic carbocycles. The number of carbonyl (C=O) groups is 1. The van der Waals surface area contributed by atoms with Crippen molar-refractivity contribution in [1.29, 1.82) is 0 Å². The summed E-state index contributed by atoms with van der Waals surface area (Å²) in [4.78, 5) is 13.0. The van der Waals surface area contributed by atoms with Gasteiger partial charge in [0, 0.05) is 19.2 Å². The topological polar surface area (TPSA) is 84.9 Å². The molecule has 0 spiro atoms. The van der Waals surface area contributed by atoms with E-state index in [0.29, 0.717) is 17.2 Å². The van der Waals surface area contributed by atoms with Gasteiger partial charge in [-0.05, 0) is 55.7 Å². The van der Waals surface area contributed by atoms with Gasteiger partial charge in [-0.2, -0.15) is 4.31 Å². The number of amides is 1. The first kappa shape index (κ1) is 22.4. The van der Waals surface area contributed by atoms with Crippen LogP contribution in [0.1, 0.15) is 41.6 Å². The average molecular weight is 479 g/mol.